The number of carbonyl (C=O) groups excluding carboxylic acids is 1. The van der Waals surface area contributed by atoms with Gasteiger partial charge in [0.05, 0.1) is 29.1 Å². The van der Waals surface area contributed by atoms with Crippen LogP contribution in [0.1, 0.15) is 6.92 Å². The number of nitrogens with zero attached hydrogens (tertiary/aromatic N) is 2. The van der Waals surface area contributed by atoms with Gasteiger partial charge in [-0.15, -0.1) is 11.3 Å². The molecule has 0 aliphatic carbocycles. The highest BCUT2D eigenvalue weighted by Crippen LogP contribution is 2.32. The number of anilines is 1. The van der Waals surface area contributed by atoms with Crippen LogP contribution in [0.25, 0.3) is 22.3 Å². The highest BCUT2D eigenvalue weighted by atomic mass is 32.2. The van der Waals surface area contributed by atoms with Gasteiger partial charge in [0.25, 0.3) is 0 Å². The second-order valence-corrected chi connectivity index (χ2v) is 8.23. The fraction of sp³-hybridized carbons (Fsp3) is 0.150. The summed E-state index contributed by atoms with van der Waals surface area (Å²) in [5, 5.41) is 5.75. The van der Waals surface area contributed by atoms with Crippen LogP contribution < -0.4 is 10.1 Å². The maximum Gasteiger partial charge on any atom is 0.239 e. The number of carbonyl (C=O) groups is 1. The molecule has 0 spiro atoms. The molecule has 1 amide bonds. The molecule has 0 saturated heterocycles. The Labute approximate surface area is 170 Å². The van der Waals surface area contributed by atoms with E-state index in [1.165, 1.54) is 23.1 Å². The molecule has 0 bridgehead atoms. The van der Waals surface area contributed by atoms with E-state index in [4.69, 9.17) is 4.74 Å². The van der Waals surface area contributed by atoms with Crippen LogP contribution in [0.5, 0.6) is 5.75 Å². The zero-order chi connectivity index (χ0) is 19.5. The Bertz CT molecular complexity index is 1090. The van der Waals surface area contributed by atoms with Crippen molar-refractivity contribution in [1.29, 1.82) is 0 Å². The number of thioether (sulfide) groups is 1. The summed E-state index contributed by atoms with van der Waals surface area (Å²) in [6.07, 6.45) is 0. The molecular weight excluding hydrogens is 392 g/mol. The SMILES string of the molecule is COc1ccccc1-c1csc(NC(=O)C(C)Sc2nc3ccccc3[nH]2)n1. The van der Waals surface area contributed by atoms with Crippen molar-refractivity contribution in [2.24, 2.45) is 0 Å². The summed E-state index contributed by atoms with van der Waals surface area (Å²) in [4.78, 5) is 24.8. The Hall–Kier alpha value is -2.84. The van der Waals surface area contributed by atoms with Crippen molar-refractivity contribution in [3.05, 3.63) is 53.9 Å². The van der Waals surface area contributed by atoms with Crippen LogP contribution >= 0.6 is 23.1 Å². The first kappa shape index (κ1) is 18.5. The molecule has 1 atom stereocenters. The molecule has 0 fully saturated rings. The molecule has 8 heteroatoms. The number of benzene rings is 2. The van der Waals surface area contributed by atoms with Crippen LogP contribution in [0.4, 0.5) is 5.13 Å². The highest BCUT2D eigenvalue weighted by Gasteiger charge is 2.18. The normalized spacial score (nSPS) is 12.1. The lowest BCUT2D eigenvalue weighted by Gasteiger charge is -2.08. The van der Waals surface area contributed by atoms with Gasteiger partial charge >= 0.3 is 0 Å². The number of ether oxygens (including phenoxy) is 1. The number of thiazole rings is 1. The van der Waals surface area contributed by atoms with Crippen LogP contribution in [-0.4, -0.2) is 33.2 Å². The maximum atomic E-state index is 12.6. The average molecular weight is 411 g/mol. The molecule has 4 aromatic rings. The first-order chi connectivity index (χ1) is 13.6. The van der Waals surface area contributed by atoms with Crippen LogP contribution in [0.15, 0.2) is 59.1 Å². The van der Waals surface area contributed by atoms with Gasteiger partial charge in [0.2, 0.25) is 5.91 Å². The molecular formula is C20H18N4O2S2. The van der Waals surface area contributed by atoms with E-state index in [1.54, 1.807) is 7.11 Å². The number of methoxy groups -OCH3 is 1. The predicted molar refractivity (Wildman–Crippen MR) is 114 cm³/mol. The van der Waals surface area contributed by atoms with Gasteiger partial charge in [-0.1, -0.05) is 36.0 Å². The number of H-pyrrole nitrogens is 1. The number of imidazole rings is 1. The van der Waals surface area contributed by atoms with Gasteiger partial charge in [-0.2, -0.15) is 0 Å². The Morgan fingerprint density at radius 2 is 1.96 bits per heavy atom. The smallest absolute Gasteiger partial charge is 0.239 e. The van der Waals surface area contributed by atoms with E-state index < -0.39 is 0 Å². The van der Waals surface area contributed by atoms with Crippen LogP contribution in [-0.2, 0) is 4.79 Å². The van der Waals surface area contributed by atoms with Gasteiger partial charge in [-0.05, 0) is 31.2 Å². The molecule has 2 N–H and O–H groups in total. The third kappa shape index (κ3) is 3.88. The summed E-state index contributed by atoms with van der Waals surface area (Å²) in [6.45, 7) is 1.85. The summed E-state index contributed by atoms with van der Waals surface area (Å²) in [6, 6.07) is 15.5. The number of fused-ring (bicyclic) bond motifs is 1. The minimum Gasteiger partial charge on any atom is -0.496 e. The van der Waals surface area contributed by atoms with E-state index in [0.717, 1.165) is 33.2 Å². The summed E-state index contributed by atoms with van der Waals surface area (Å²) < 4.78 is 5.38. The van der Waals surface area contributed by atoms with Gasteiger partial charge in [0.1, 0.15) is 5.75 Å². The van der Waals surface area contributed by atoms with E-state index in [9.17, 15) is 4.79 Å². The van der Waals surface area contributed by atoms with E-state index >= 15 is 0 Å². The first-order valence-electron chi connectivity index (χ1n) is 8.65. The van der Waals surface area contributed by atoms with Crippen molar-refractivity contribution < 1.29 is 9.53 Å². The molecule has 142 valence electrons. The number of nitrogens with one attached hydrogen (secondary N) is 2. The molecule has 0 aliphatic heterocycles. The number of para-hydroxylation sites is 3. The molecule has 2 heterocycles. The number of aromatic nitrogens is 3. The fourth-order valence-electron chi connectivity index (χ4n) is 2.72. The van der Waals surface area contributed by atoms with Crippen molar-refractivity contribution in [2.75, 3.05) is 12.4 Å². The lowest BCUT2D eigenvalue weighted by Crippen LogP contribution is -2.22. The molecule has 6 nitrogen and oxygen atoms in total. The standard InChI is InChI=1S/C20H18N4O2S2/c1-12(28-20-21-14-8-4-5-9-15(14)22-20)18(25)24-19-23-16(11-27-19)13-7-3-6-10-17(13)26-2/h3-12H,1-2H3,(H,21,22)(H,23,24,25). The van der Waals surface area contributed by atoms with E-state index in [1.807, 2.05) is 60.8 Å². The Morgan fingerprint density at radius 1 is 1.18 bits per heavy atom. The highest BCUT2D eigenvalue weighted by molar-refractivity contribution is 8.00. The fourth-order valence-corrected chi connectivity index (χ4v) is 4.26. The Kier molecular flexibility index (Phi) is 5.31. The predicted octanol–water partition coefficient (Wildman–Crippen LogP) is 4.81. The average Bonchev–Trinajstić information content (AvgIpc) is 3.34. The topological polar surface area (TPSA) is 79.9 Å². The zero-order valence-corrected chi connectivity index (χ0v) is 16.9. The number of rotatable bonds is 6. The maximum absolute atomic E-state index is 12.6. The van der Waals surface area contributed by atoms with Crippen LogP contribution in [0.3, 0.4) is 0 Å². The van der Waals surface area contributed by atoms with E-state index in [-0.39, 0.29) is 11.2 Å². The minimum atomic E-state index is -0.320. The van der Waals surface area contributed by atoms with Gasteiger partial charge in [-0.25, -0.2) is 9.97 Å². The Balaban J connectivity index is 1.44. The third-order valence-corrected chi connectivity index (χ3v) is 5.88. The minimum absolute atomic E-state index is 0.119. The van der Waals surface area contributed by atoms with E-state index in [0.29, 0.717) is 5.13 Å². The Morgan fingerprint density at radius 3 is 2.79 bits per heavy atom. The first-order valence-corrected chi connectivity index (χ1v) is 10.4. The van der Waals surface area contributed by atoms with Crippen molar-refractivity contribution >= 4 is 45.2 Å². The molecule has 28 heavy (non-hydrogen) atoms. The lowest BCUT2D eigenvalue weighted by molar-refractivity contribution is -0.115. The van der Waals surface area contributed by atoms with Crippen molar-refractivity contribution in [2.45, 2.75) is 17.3 Å². The van der Waals surface area contributed by atoms with Crippen LogP contribution in [0.2, 0.25) is 0 Å². The van der Waals surface area contributed by atoms with Crippen LogP contribution in [0, 0.1) is 0 Å². The number of amides is 1. The monoisotopic (exact) mass is 410 g/mol. The van der Waals surface area contributed by atoms with Crippen molar-refractivity contribution in [1.82, 2.24) is 15.0 Å². The summed E-state index contributed by atoms with van der Waals surface area (Å²) in [7, 11) is 1.63. The van der Waals surface area contributed by atoms with Gasteiger partial charge in [-0.3, -0.25) is 4.79 Å². The van der Waals surface area contributed by atoms with Crippen molar-refractivity contribution in [3.63, 3.8) is 0 Å². The molecule has 2 aromatic carbocycles. The van der Waals surface area contributed by atoms with Gasteiger partial charge in [0.15, 0.2) is 10.3 Å². The summed E-state index contributed by atoms with van der Waals surface area (Å²) in [5.74, 6) is 0.630. The lowest BCUT2D eigenvalue weighted by atomic mass is 10.1. The second-order valence-electron chi connectivity index (χ2n) is 6.05. The summed E-state index contributed by atoms with van der Waals surface area (Å²) in [5.41, 5.74) is 3.51. The second kappa shape index (κ2) is 8.04. The third-order valence-electron chi connectivity index (χ3n) is 4.14. The van der Waals surface area contributed by atoms with E-state index in [2.05, 4.69) is 20.3 Å². The zero-order valence-electron chi connectivity index (χ0n) is 15.3. The quantitative estimate of drug-likeness (QED) is 0.446. The number of hydrogen-bond acceptors (Lipinski definition) is 6. The number of hydrogen-bond donors (Lipinski definition) is 2. The molecule has 1 unspecified atom stereocenters. The molecule has 4 rings (SSSR count). The largest absolute Gasteiger partial charge is 0.496 e. The van der Waals surface area contributed by atoms with Crippen molar-refractivity contribution in [3.8, 4) is 17.0 Å². The molecule has 0 aliphatic rings. The molecule has 0 radical (unpaired) electrons. The number of aromatic amines is 1. The van der Waals surface area contributed by atoms with Gasteiger partial charge in [0, 0.05) is 10.9 Å². The molecule has 0 saturated carbocycles. The van der Waals surface area contributed by atoms with Gasteiger partial charge < -0.3 is 15.0 Å². The summed E-state index contributed by atoms with van der Waals surface area (Å²) >= 11 is 2.77. The molecule has 2 aromatic heterocycles.